The molecule has 0 unspecified atom stereocenters. The summed E-state index contributed by atoms with van der Waals surface area (Å²) in [7, 11) is -0.525. The maximum Gasteiger partial charge on any atom is 0.272 e. The molecule has 0 spiro atoms. The van der Waals surface area contributed by atoms with Gasteiger partial charge in [-0.05, 0) is 42.9 Å². The van der Waals surface area contributed by atoms with E-state index in [1.165, 1.54) is 25.4 Å². The van der Waals surface area contributed by atoms with Gasteiger partial charge in [0.05, 0.1) is 5.75 Å². The Kier molecular flexibility index (Phi) is 5.57. The summed E-state index contributed by atoms with van der Waals surface area (Å²) in [5.41, 5.74) is 1.62. The first kappa shape index (κ1) is 21.7. The van der Waals surface area contributed by atoms with E-state index in [1.807, 2.05) is 0 Å². The van der Waals surface area contributed by atoms with Crippen molar-refractivity contribution in [1.29, 1.82) is 0 Å². The number of rotatable bonds is 6. The summed E-state index contributed by atoms with van der Waals surface area (Å²) in [6, 6.07) is 9.34. The normalized spacial score (nSPS) is 11.8. The minimum atomic E-state index is -3.55. The van der Waals surface area contributed by atoms with Gasteiger partial charge in [-0.25, -0.2) is 21.9 Å². The molecule has 0 fully saturated rings. The van der Waals surface area contributed by atoms with Crippen LogP contribution in [0.5, 0.6) is 11.5 Å². The monoisotopic (exact) mass is 459 g/mol. The fourth-order valence-corrected chi connectivity index (χ4v) is 4.28. The standard InChI is InChI=1S/C22H19F2N3O4S/c1-25-32(29,30)12-13-3-5-19(31-20-6-4-14(23)10-18(20)24)16(9-13)17-11-27(2)21-15(17)7-8-26-22(21)28/h3-11,25H,12H2,1-2H3,(H,26,28). The highest BCUT2D eigenvalue weighted by atomic mass is 32.2. The van der Waals surface area contributed by atoms with Crippen LogP contribution in [0.1, 0.15) is 5.56 Å². The highest BCUT2D eigenvalue weighted by Crippen LogP contribution is 2.39. The Morgan fingerprint density at radius 3 is 2.53 bits per heavy atom. The Morgan fingerprint density at radius 1 is 1.06 bits per heavy atom. The highest BCUT2D eigenvalue weighted by molar-refractivity contribution is 7.88. The Balaban J connectivity index is 1.91. The number of hydrogen-bond donors (Lipinski definition) is 2. The maximum absolute atomic E-state index is 14.2. The van der Waals surface area contributed by atoms with Gasteiger partial charge in [-0.2, -0.15) is 0 Å². The number of nitrogens with one attached hydrogen (secondary N) is 2. The summed E-state index contributed by atoms with van der Waals surface area (Å²) < 4.78 is 61.3. The van der Waals surface area contributed by atoms with Crippen molar-refractivity contribution >= 4 is 20.9 Å². The average molecular weight is 459 g/mol. The minimum absolute atomic E-state index is 0.193. The third-order valence-electron chi connectivity index (χ3n) is 5.02. The van der Waals surface area contributed by atoms with Crippen LogP contribution in [0.15, 0.2) is 59.7 Å². The van der Waals surface area contributed by atoms with Crippen LogP contribution in [0, 0.1) is 11.6 Å². The van der Waals surface area contributed by atoms with Crippen LogP contribution in [0.3, 0.4) is 0 Å². The number of H-pyrrole nitrogens is 1. The Morgan fingerprint density at radius 2 is 1.81 bits per heavy atom. The SMILES string of the molecule is CNS(=O)(=O)Cc1ccc(Oc2ccc(F)cc2F)c(-c2cn(C)c3c(=O)[nH]ccc23)c1. The van der Waals surface area contributed by atoms with Gasteiger partial charge in [0, 0.05) is 42.0 Å². The molecule has 0 bridgehead atoms. The average Bonchev–Trinajstić information content (AvgIpc) is 3.08. The Bertz CT molecular complexity index is 1490. The van der Waals surface area contributed by atoms with Crippen molar-refractivity contribution in [3.05, 3.63) is 82.4 Å². The van der Waals surface area contributed by atoms with E-state index in [2.05, 4.69) is 9.71 Å². The fourth-order valence-electron chi connectivity index (χ4n) is 3.51. The molecule has 7 nitrogen and oxygen atoms in total. The third-order valence-corrected chi connectivity index (χ3v) is 6.35. The van der Waals surface area contributed by atoms with E-state index in [1.54, 1.807) is 36.0 Å². The number of aryl methyl sites for hydroxylation is 1. The van der Waals surface area contributed by atoms with Crippen molar-refractivity contribution in [2.45, 2.75) is 5.75 Å². The van der Waals surface area contributed by atoms with Crippen molar-refractivity contribution < 1.29 is 21.9 Å². The zero-order valence-electron chi connectivity index (χ0n) is 17.1. The van der Waals surface area contributed by atoms with E-state index in [4.69, 9.17) is 4.74 Å². The van der Waals surface area contributed by atoms with Gasteiger partial charge in [0.25, 0.3) is 5.56 Å². The molecule has 2 aromatic carbocycles. The van der Waals surface area contributed by atoms with Gasteiger partial charge in [0.15, 0.2) is 11.6 Å². The topological polar surface area (TPSA) is 93.2 Å². The number of ether oxygens (including phenoxy) is 1. The predicted octanol–water partition coefficient (Wildman–Crippen LogP) is 3.65. The van der Waals surface area contributed by atoms with Gasteiger partial charge >= 0.3 is 0 Å². The molecule has 166 valence electrons. The molecular weight excluding hydrogens is 440 g/mol. The summed E-state index contributed by atoms with van der Waals surface area (Å²) in [5, 5.41) is 0.606. The Labute approximate surface area is 182 Å². The lowest BCUT2D eigenvalue weighted by molar-refractivity contribution is 0.439. The third kappa shape index (κ3) is 4.14. The smallest absolute Gasteiger partial charge is 0.272 e. The second-order valence-corrected chi connectivity index (χ2v) is 9.12. The van der Waals surface area contributed by atoms with Crippen molar-refractivity contribution in [3.63, 3.8) is 0 Å². The predicted molar refractivity (Wildman–Crippen MR) is 117 cm³/mol. The number of halogens is 2. The number of pyridine rings is 1. The molecule has 0 amide bonds. The number of aromatic nitrogens is 2. The molecule has 10 heteroatoms. The first-order valence-electron chi connectivity index (χ1n) is 9.52. The molecule has 0 saturated carbocycles. The van der Waals surface area contributed by atoms with E-state index in [9.17, 15) is 22.0 Å². The molecule has 2 aromatic heterocycles. The van der Waals surface area contributed by atoms with Crippen molar-refractivity contribution in [2.24, 2.45) is 7.05 Å². The van der Waals surface area contributed by atoms with E-state index in [-0.39, 0.29) is 22.8 Å². The fraction of sp³-hybridized carbons (Fsp3) is 0.136. The molecule has 0 saturated heterocycles. The number of nitrogens with zero attached hydrogens (tertiary/aromatic N) is 1. The van der Waals surface area contributed by atoms with Crippen molar-refractivity contribution in [2.75, 3.05) is 7.05 Å². The van der Waals surface area contributed by atoms with Gasteiger partial charge in [-0.3, -0.25) is 4.79 Å². The Hall–Kier alpha value is -3.50. The molecule has 4 rings (SSSR count). The molecular formula is C22H19F2N3O4S. The van der Waals surface area contributed by atoms with Crippen LogP contribution >= 0.6 is 0 Å². The molecule has 2 N–H and O–H groups in total. The second-order valence-electron chi connectivity index (χ2n) is 7.19. The molecule has 0 radical (unpaired) electrons. The molecule has 0 aliphatic heterocycles. The van der Waals surface area contributed by atoms with E-state index in [0.29, 0.717) is 33.7 Å². The lowest BCUT2D eigenvalue weighted by atomic mass is 10.0. The summed E-state index contributed by atoms with van der Waals surface area (Å²) >= 11 is 0. The maximum atomic E-state index is 14.2. The molecule has 32 heavy (non-hydrogen) atoms. The number of sulfonamides is 1. The van der Waals surface area contributed by atoms with Gasteiger partial charge in [-0.15, -0.1) is 0 Å². The zero-order chi connectivity index (χ0) is 23.0. The summed E-state index contributed by atoms with van der Waals surface area (Å²) in [5.74, 6) is -1.88. The first-order valence-corrected chi connectivity index (χ1v) is 11.2. The summed E-state index contributed by atoms with van der Waals surface area (Å²) in [6.45, 7) is 0. The van der Waals surface area contributed by atoms with Crippen molar-refractivity contribution in [3.8, 4) is 22.6 Å². The van der Waals surface area contributed by atoms with Crippen molar-refractivity contribution in [1.82, 2.24) is 14.3 Å². The molecule has 4 aromatic rings. The van der Waals surface area contributed by atoms with Gasteiger partial charge in [0.2, 0.25) is 10.0 Å². The van der Waals surface area contributed by atoms with Gasteiger partial charge in [0.1, 0.15) is 17.1 Å². The number of benzene rings is 2. The van der Waals surface area contributed by atoms with Crippen LogP contribution in [-0.4, -0.2) is 25.0 Å². The lowest BCUT2D eigenvalue weighted by Crippen LogP contribution is -2.20. The first-order chi connectivity index (χ1) is 15.2. The molecule has 0 aliphatic carbocycles. The number of aromatic amines is 1. The van der Waals surface area contributed by atoms with Crippen LogP contribution in [-0.2, 0) is 22.8 Å². The minimum Gasteiger partial charge on any atom is -0.454 e. The van der Waals surface area contributed by atoms with Crippen LogP contribution < -0.4 is 15.0 Å². The number of hydrogen-bond acceptors (Lipinski definition) is 4. The van der Waals surface area contributed by atoms with Gasteiger partial charge in [-0.1, -0.05) is 6.07 Å². The summed E-state index contributed by atoms with van der Waals surface area (Å²) in [6.07, 6.45) is 3.21. The zero-order valence-corrected chi connectivity index (χ0v) is 18.0. The van der Waals surface area contributed by atoms with E-state index >= 15 is 0 Å². The largest absolute Gasteiger partial charge is 0.454 e. The highest BCUT2D eigenvalue weighted by Gasteiger charge is 2.19. The van der Waals surface area contributed by atoms with E-state index < -0.39 is 21.7 Å². The van der Waals surface area contributed by atoms with Crippen LogP contribution in [0.4, 0.5) is 8.78 Å². The summed E-state index contributed by atoms with van der Waals surface area (Å²) in [4.78, 5) is 14.9. The molecule has 0 atom stereocenters. The van der Waals surface area contributed by atoms with Crippen LogP contribution in [0.25, 0.3) is 22.0 Å². The second kappa shape index (κ2) is 8.21. The molecule has 2 heterocycles. The van der Waals surface area contributed by atoms with E-state index in [0.717, 1.165) is 6.07 Å². The quantitative estimate of drug-likeness (QED) is 0.460. The van der Waals surface area contributed by atoms with Gasteiger partial charge < -0.3 is 14.3 Å². The van der Waals surface area contributed by atoms with Crippen LogP contribution in [0.2, 0.25) is 0 Å². The number of fused-ring (bicyclic) bond motifs is 1. The lowest BCUT2D eigenvalue weighted by Gasteiger charge is -2.14. The molecule has 0 aliphatic rings.